The normalized spacial score (nSPS) is 11.4. The molecule has 3 aromatic rings. The van der Waals surface area contributed by atoms with Crippen LogP contribution in [0.4, 0.5) is 28.4 Å². The van der Waals surface area contributed by atoms with Crippen LogP contribution in [0.1, 0.15) is 15.9 Å². The number of hydrogen-bond acceptors (Lipinski definition) is 4. The van der Waals surface area contributed by atoms with Gasteiger partial charge in [0.1, 0.15) is 5.82 Å². The van der Waals surface area contributed by atoms with Gasteiger partial charge in [0, 0.05) is 16.6 Å². The van der Waals surface area contributed by atoms with Crippen molar-refractivity contribution in [1.29, 1.82) is 0 Å². The van der Waals surface area contributed by atoms with Crippen molar-refractivity contribution in [3.63, 3.8) is 0 Å². The van der Waals surface area contributed by atoms with Gasteiger partial charge >= 0.3 is 12.1 Å². The molecule has 9 heteroatoms. The zero-order valence-corrected chi connectivity index (χ0v) is 13.7. The Balaban J connectivity index is 1.88. The summed E-state index contributed by atoms with van der Waals surface area (Å²) in [6.45, 7) is 0. The molecule has 2 N–H and O–H groups in total. The lowest BCUT2D eigenvalue weighted by Gasteiger charge is -2.12. The first-order valence-electron chi connectivity index (χ1n) is 7.17. The number of carbonyl (C=O) groups is 1. The van der Waals surface area contributed by atoms with Crippen LogP contribution in [0.5, 0.6) is 0 Å². The lowest BCUT2D eigenvalue weighted by atomic mass is 10.1. The minimum atomic E-state index is -4.80. The molecule has 0 amide bonds. The van der Waals surface area contributed by atoms with Gasteiger partial charge in [-0.1, -0.05) is 0 Å². The fraction of sp³-hybridized carbons (Fsp3) is 0.0588. The number of thiazole rings is 1. The van der Waals surface area contributed by atoms with Crippen LogP contribution in [0.15, 0.2) is 47.8 Å². The Hall–Kier alpha value is -2.94. The molecule has 0 aliphatic carbocycles. The Morgan fingerprint density at radius 3 is 2.42 bits per heavy atom. The van der Waals surface area contributed by atoms with E-state index in [4.69, 9.17) is 5.11 Å². The van der Waals surface area contributed by atoms with Crippen molar-refractivity contribution in [3.05, 3.63) is 64.8 Å². The number of anilines is 2. The van der Waals surface area contributed by atoms with Crippen molar-refractivity contribution in [2.75, 3.05) is 5.32 Å². The van der Waals surface area contributed by atoms with E-state index in [-0.39, 0.29) is 11.5 Å². The highest BCUT2D eigenvalue weighted by Gasteiger charge is 2.35. The highest BCUT2D eigenvalue weighted by Crippen LogP contribution is 2.35. The first-order chi connectivity index (χ1) is 12.2. The first kappa shape index (κ1) is 17.9. The topological polar surface area (TPSA) is 62.2 Å². The summed E-state index contributed by atoms with van der Waals surface area (Å²) in [7, 11) is 0. The second kappa shape index (κ2) is 6.75. The van der Waals surface area contributed by atoms with Crippen LogP contribution in [0.25, 0.3) is 11.3 Å². The molecule has 0 saturated heterocycles. The Kier molecular flexibility index (Phi) is 4.64. The predicted octanol–water partition coefficient (Wildman–Crippen LogP) is 5.41. The summed E-state index contributed by atoms with van der Waals surface area (Å²) in [5.74, 6) is -2.04. The van der Waals surface area contributed by atoms with Crippen LogP contribution in [-0.4, -0.2) is 16.1 Å². The molecule has 26 heavy (non-hydrogen) atoms. The molecule has 1 heterocycles. The van der Waals surface area contributed by atoms with E-state index >= 15 is 0 Å². The van der Waals surface area contributed by atoms with Gasteiger partial charge in [0.25, 0.3) is 0 Å². The molecular weight excluding hydrogens is 372 g/mol. The molecule has 0 fully saturated rings. The van der Waals surface area contributed by atoms with E-state index < -0.39 is 23.3 Å². The Morgan fingerprint density at radius 1 is 1.12 bits per heavy atom. The molecule has 0 spiro atoms. The van der Waals surface area contributed by atoms with E-state index in [1.165, 1.54) is 30.3 Å². The number of nitrogens with one attached hydrogen (secondary N) is 1. The van der Waals surface area contributed by atoms with Crippen molar-refractivity contribution in [2.45, 2.75) is 6.18 Å². The molecule has 0 aliphatic rings. The van der Waals surface area contributed by atoms with Gasteiger partial charge in [-0.25, -0.2) is 14.2 Å². The van der Waals surface area contributed by atoms with Crippen molar-refractivity contribution in [2.24, 2.45) is 0 Å². The van der Waals surface area contributed by atoms with Gasteiger partial charge in [-0.05, 0) is 42.5 Å². The fourth-order valence-corrected chi connectivity index (χ4v) is 2.99. The Morgan fingerprint density at radius 2 is 1.81 bits per heavy atom. The van der Waals surface area contributed by atoms with Crippen molar-refractivity contribution >= 4 is 28.1 Å². The molecule has 1 aromatic heterocycles. The zero-order valence-electron chi connectivity index (χ0n) is 12.8. The molecule has 0 saturated carbocycles. The summed E-state index contributed by atoms with van der Waals surface area (Å²) in [6, 6.07) is 8.49. The number of carboxylic acid groups (broad SMARTS) is 1. The van der Waals surface area contributed by atoms with Gasteiger partial charge in [0.2, 0.25) is 0 Å². The van der Waals surface area contributed by atoms with E-state index in [2.05, 4.69) is 10.3 Å². The summed E-state index contributed by atoms with van der Waals surface area (Å²) >= 11 is 1.15. The molecule has 0 bridgehead atoms. The van der Waals surface area contributed by atoms with E-state index in [0.717, 1.165) is 23.5 Å². The largest absolute Gasteiger partial charge is 0.478 e. The molecule has 0 atom stereocenters. The summed E-state index contributed by atoms with van der Waals surface area (Å²) in [5.41, 5.74) is -0.814. The smallest absolute Gasteiger partial charge is 0.417 e. The standard InChI is InChI=1S/C17H10F4N2O2S/c18-10-3-1-9(2-4-10)14-8-26-16(23-14)22-11-5-6-12(15(24)25)13(7-11)17(19,20)21/h1-8H,(H,22,23)(H,24,25). The number of hydrogen-bond donors (Lipinski definition) is 2. The van der Waals surface area contributed by atoms with E-state index in [9.17, 15) is 22.4 Å². The third-order valence-corrected chi connectivity index (χ3v) is 4.21. The monoisotopic (exact) mass is 382 g/mol. The third kappa shape index (κ3) is 3.83. The van der Waals surface area contributed by atoms with Crippen molar-refractivity contribution in [3.8, 4) is 11.3 Å². The van der Waals surface area contributed by atoms with E-state index in [1.807, 2.05) is 0 Å². The van der Waals surface area contributed by atoms with Crippen LogP contribution in [-0.2, 0) is 6.18 Å². The van der Waals surface area contributed by atoms with E-state index in [0.29, 0.717) is 16.4 Å². The van der Waals surface area contributed by atoms with Gasteiger partial charge < -0.3 is 10.4 Å². The number of carboxylic acids is 1. The van der Waals surface area contributed by atoms with Gasteiger partial charge in [-0.2, -0.15) is 13.2 Å². The molecule has 3 rings (SSSR count). The zero-order chi connectivity index (χ0) is 18.9. The third-order valence-electron chi connectivity index (χ3n) is 3.45. The number of rotatable bonds is 4. The first-order valence-corrected chi connectivity index (χ1v) is 8.05. The molecule has 0 unspecified atom stereocenters. The van der Waals surface area contributed by atoms with Crippen molar-refractivity contribution < 1.29 is 27.5 Å². The highest BCUT2D eigenvalue weighted by atomic mass is 32.1. The lowest BCUT2D eigenvalue weighted by molar-refractivity contribution is -0.138. The van der Waals surface area contributed by atoms with Gasteiger partial charge in [-0.3, -0.25) is 0 Å². The number of benzene rings is 2. The molecule has 0 aliphatic heterocycles. The maximum Gasteiger partial charge on any atom is 0.417 e. The second-order valence-electron chi connectivity index (χ2n) is 5.23. The van der Waals surface area contributed by atoms with Crippen molar-refractivity contribution in [1.82, 2.24) is 4.98 Å². The highest BCUT2D eigenvalue weighted by molar-refractivity contribution is 7.14. The molecule has 2 aromatic carbocycles. The summed E-state index contributed by atoms with van der Waals surface area (Å²) < 4.78 is 52.1. The van der Waals surface area contributed by atoms with Crippen LogP contribution in [0.3, 0.4) is 0 Å². The average Bonchev–Trinajstić information content (AvgIpc) is 3.03. The number of aromatic nitrogens is 1. The average molecular weight is 382 g/mol. The molecule has 4 nitrogen and oxygen atoms in total. The number of nitrogens with zero attached hydrogens (tertiary/aromatic N) is 1. The maximum absolute atomic E-state index is 13.1. The number of aromatic carboxylic acids is 1. The number of halogens is 4. The summed E-state index contributed by atoms with van der Waals surface area (Å²) in [6.07, 6.45) is -4.80. The summed E-state index contributed by atoms with van der Waals surface area (Å²) in [5, 5.41) is 13.6. The fourth-order valence-electron chi connectivity index (χ4n) is 2.25. The second-order valence-corrected chi connectivity index (χ2v) is 6.09. The minimum Gasteiger partial charge on any atom is -0.478 e. The minimum absolute atomic E-state index is 0.0577. The van der Waals surface area contributed by atoms with Gasteiger partial charge in [0.05, 0.1) is 16.8 Å². The SMILES string of the molecule is O=C(O)c1ccc(Nc2nc(-c3ccc(F)cc3)cs2)cc1C(F)(F)F. The lowest BCUT2D eigenvalue weighted by Crippen LogP contribution is -2.13. The van der Waals surface area contributed by atoms with Gasteiger partial charge in [-0.15, -0.1) is 11.3 Å². The molecule has 0 radical (unpaired) electrons. The Bertz CT molecular complexity index is 952. The van der Waals surface area contributed by atoms with Gasteiger partial charge in [0.15, 0.2) is 5.13 Å². The van der Waals surface area contributed by atoms with Crippen LogP contribution >= 0.6 is 11.3 Å². The Labute approximate surface area is 148 Å². The van der Waals surface area contributed by atoms with E-state index in [1.54, 1.807) is 5.38 Å². The quantitative estimate of drug-likeness (QED) is 0.593. The predicted molar refractivity (Wildman–Crippen MR) is 89.2 cm³/mol. The maximum atomic E-state index is 13.1. The van der Waals surface area contributed by atoms with Crippen LogP contribution in [0.2, 0.25) is 0 Å². The number of alkyl halides is 3. The van der Waals surface area contributed by atoms with Crippen LogP contribution < -0.4 is 5.32 Å². The van der Waals surface area contributed by atoms with Crippen LogP contribution in [0, 0.1) is 5.82 Å². The molecule has 134 valence electrons. The molecular formula is C17H10F4N2O2S. The summed E-state index contributed by atoms with van der Waals surface area (Å²) in [4.78, 5) is 15.2.